The molecule has 6 rings (SSSR count). The maximum Gasteiger partial charge on any atom is 0.119 e. The van der Waals surface area contributed by atoms with Gasteiger partial charge in [0.2, 0.25) is 0 Å². The van der Waals surface area contributed by atoms with Gasteiger partial charge in [-0.05, 0) is 70.1 Å². The number of rotatable bonds is 15. The van der Waals surface area contributed by atoms with E-state index in [2.05, 4.69) is 70.6 Å². The quantitative estimate of drug-likeness (QED) is 0.117. The van der Waals surface area contributed by atoms with Gasteiger partial charge in [-0.3, -0.25) is 9.97 Å². The van der Waals surface area contributed by atoms with Crippen LogP contribution in [0.25, 0.3) is 21.5 Å². The number of aromatic nitrogens is 2. The van der Waals surface area contributed by atoms with Crippen LogP contribution in [0.2, 0.25) is 0 Å². The minimum Gasteiger partial charge on any atom is -0.491 e. The summed E-state index contributed by atoms with van der Waals surface area (Å²) in [5, 5.41) is 4.81. The van der Waals surface area contributed by atoms with Crippen molar-refractivity contribution in [3.8, 4) is 11.5 Å². The van der Waals surface area contributed by atoms with Gasteiger partial charge in [-0.15, -0.1) is 0 Å². The summed E-state index contributed by atoms with van der Waals surface area (Å²) in [5.74, 6) is 1.67. The second-order valence-corrected chi connectivity index (χ2v) is 10.6. The first-order chi connectivity index (χ1) is 21.8. The average molecular weight is 585 g/mol. The molecule has 4 aromatic carbocycles. The van der Waals surface area contributed by atoms with Crippen molar-refractivity contribution in [2.24, 2.45) is 0 Å². The van der Waals surface area contributed by atoms with Gasteiger partial charge in [0.05, 0.1) is 26.4 Å². The lowest BCUT2D eigenvalue weighted by Gasteiger charge is -2.10. The first kappa shape index (κ1) is 29.3. The van der Waals surface area contributed by atoms with Crippen molar-refractivity contribution in [1.29, 1.82) is 0 Å². The van der Waals surface area contributed by atoms with E-state index in [4.69, 9.17) is 18.9 Å². The lowest BCUT2D eigenvalue weighted by molar-refractivity contribution is 0.0273. The third-order valence-corrected chi connectivity index (χ3v) is 7.50. The smallest absolute Gasteiger partial charge is 0.119 e. The molecule has 0 aliphatic heterocycles. The molecular formula is C38H36N2O4. The normalized spacial score (nSPS) is 11.2. The third kappa shape index (κ3) is 7.98. The van der Waals surface area contributed by atoms with Crippen LogP contribution in [-0.2, 0) is 22.3 Å². The fourth-order valence-electron chi connectivity index (χ4n) is 5.25. The molecule has 2 heterocycles. The molecule has 0 saturated heterocycles. The molecule has 44 heavy (non-hydrogen) atoms. The van der Waals surface area contributed by atoms with Crippen LogP contribution in [0.15, 0.2) is 122 Å². The highest BCUT2D eigenvalue weighted by Gasteiger charge is 2.05. The molecule has 0 saturated carbocycles. The molecule has 0 amide bonds. The minimum atomic E-state index is 0.489. The Labute approximate surface area is 258 Å². The maximum absolute atomic E-state index is 5.83. The molecule has 0 spiro atoms. The van der Waals surface area contributed by atoms with E-state index >= 15 is 0 Å². The van der Waals surface area contributed by atoms with Crippen LogP contribution < -0.4 is 9.47 Å². The molecule has 6 aromatic rings. The van der Waals surface area contributed by atoms with E-state index in [0.717, 1.165) is 35.1 Å². The van der Waals surface area contributed by atoms with Crippen LogP contribution >= 0.6 is 0 Å². The largest absolute Gasteiger partial charge is 0.491 e. The van der Waals surface area contributed by atoms with E-state index in [1.165, 1.54) is 33.0 Å². The van der Waals surface area contributed by atoms with E-state index < -0.39 is 0 Å². The van der Waals surface area contributed by atoms with Crippen LogP contribution in [0.3, 0.4) is 0 Å². The first-order valence-electron chi connectivity index (χ1n) is 15.0. The predicted octanol–water partition coefficient (Wildman–Crippen LogP) is 7.46. The average Bonchev–Trinajstić information content (AvgIpc) is 3.07. The number of benzene rings is 4. The Hall–Kier alpha value is -4.78. The van der Waals surface area contributed by atoms with Gasteiger partial charge in [0, 0.05) is 35.6 Å². The molecule has 222 valence electrons. The number of nitrogens with zero attached hydrogens (tertiary/aromatic N) is 2. The number of hydrogen-bond donors (Lipinski definition) is 0. The number of ether oxygens (including phenoxy) is 4. The summed E-state index contributed by atoms with van der Waals surface area (Å²) in [5.41, 5.74) is 4.89. The molecular weight excluding hydrogens is 548 g/mol. The molecule has 0 unspecified atom stereocenters. The van der Waals surface area contributed by atoms with Crippen molar-refractivity contribution < 1.29 is 18.9 Å². The Kier molecular flexibility index (Phi) is 10.1. The molecule has 0 aliphatic carbocycles. The Morgan fingerprint density at radius 2 is 0.818 bits per heavy atom. The SMILES string of the molecule is c1ccc2c(Cc3ccc(OCCOCCOCCOc4ccc(Cc5cncc6ccccc56)cc4)cc3)cncc2c1. The summed E-state index contributed by atoms with van der Waals surface area (Å²) < 4.78 is 23.0. The first-order valence-corrected chi connectivity index (χ1v) is 15.0. The summed E-state index contributed by atoms with van der Waals surface area (Å²) in [6, 6.07) is 33.2. The minimum absolute atomic E-state index is 0.489. The van der Waals surface area contributed by atoms with Gasteiger partial charge in [0.1, 0.15) is 24.7 Å². The highest BCUT2D eigenvalue weighted by molar-refractivity contribution is 5.85. The zero-order valence-electron chi connectivity index (χ0n) is 24.7. The third-order valence-electron chi connectivity index (χ3n) is 7.50. The molecule has 0 bridgehead atoms. The summed E-state index contributed by atoms with van der Waals surface area (Å²) in [6.07, 6.45) is 9.38. The van der Waals surface area contributed by atoms with Crippen molar-refractivity contribution >= 4 is 21.5 Å². The van der Waals surface area contributed by atoms with Crippen LogP contribution in [-0.4, -0.2) is 49.6 Å². The summed E-state index contributed by atoms with van der Waals surface area (Å²) in [7, 11) is 0. The zero-order valence-corrected chi connectivity index (χ0v) is 24.7. The second kappa shape index (κ2) is 15.1. The van der Waals surface area contributed by atoms with Gasteiger partial charge in [-0.2, -0.15) is 0 Å². The van der Waals surface area contributed by atoms with Crippen LogP contribution in [0.4, 0.5) is 0 Å². The van der Waals surface area contributed by atoms with Gasteiger partial charge >= 0.3 is 0 Å². The van der Waals surface area contributed by atoms with E-state index in [9.17, 15) is 0 Å². The second-order valence-electron chi connectivity index (χ2n) is 10.6. The zero-order chi connectivity index (χ0) is 29.8. The number of fused-ring (bicyclic) bond motifs is 2. The topological polar surface area (TPSA) is 62.7 Å². The Morgan fingerprint density at radius 1 is 0.409 bits per heavy atom. The fraction of sp³-hybridized carbons (Fsp3) is 0.211. The van der Waals surface area contributed by atoms with Crippen molar-refractivity contribution in [2.45, 2.75) is 12.8 Å². The number of hydrogen-bond acceptors (Lipinski definition) is 6. The van der Waals surface area contributed by atoms with Gasteiger partial charge in [-0.1, -0.05) is 72.8 Å². The predicted molar refractivity (Wildman–Crippen MR) is 175 cm³/mol. The molecule has 6 heteroatoms. The molecule has 0 fully saturated rings. The molecule has 6 nitrogen and oxygen atoms in total. The maximum atomic E-state index is 5.83. The van der Waals surface area contributed by atoms with Gasteiger partial charge in [0.25, 0.3) is 0 Å². The highest BCUT2D eigenvalue weighted by atomic mass is 16.6. The van der Waals surface area contributed by atoms with Crippen LogP contribution in [0.5, 0.6) is 11.5 Å². The van der Waals surface area contributed by atoms with E-state index in [-0.39, 0.29) is 0 Å². The Balaban J connectivity index is 0.820. The summed E-state index contributed by atoms with van der Waals surface area (Å²) in [6.45, 7) is 3.01. The van der Waals surface area contributed by atoms with Crippen molar-refractivity contribution in [2.75, 3.05) is 39.6 Å². The lowest BCUT2D eigenvalue weighted by atomic mass is 10.0. The van der Waals surface area contributed by atoms with Crippen LogP contribution in [0.1, 0.15) is 22.3 Å². The van der Waals surface area contributed by atoms with E-state index in [1.807, 2.05) is 61.2 Å². The fourth-order valence-corrected chi connectivity index (χ4v) is 5.25. The van der Waals surface area contributed by atoms with Crippen molar-refractivity contribution in [1.82, 2.24) is 9.97 Å². The molecule has 0 radical (unpaired) electrons. The molecule has 0 N–H and O–H groups in total. The number of pyridine rings is 2. The summed E-state index contributed by atoms with van der Waals surface area (Å²) in [4.78, 5) is 8.78. The lowest BCUT2D eigenvalue weighted by Crippen LogP contribution is -2.13. The summed E-state index contributed by atoms with van der Waals surface area (Å²) >= 11 is 0. The van der Waals surface area contributed by atoms with E-state index in [0.29, 0.717) is 39.6 Å². The monoisotopic (exact) mass is 584 g/mol. The Bertz CT molecular complexity index is 1630. The van der Waals surface area contributed by atoms with Crippen molar-refractivity contribution in [3.63, 3.8) is 0 Å². The Morgan fingerprint density at radius 3 is 1.27 bits per heavy atom. The van der Waals surface area contributed by atoms with Gasteiger partial charge in [0.15, 0.2) is 0 Å². The van der Waals surface area contributed by atoms with Crippen LogP contribution in [0, 0.1) is 0 Å². The van der Waals surface area contributed by atoms with E-state index in [1.54, 1.807) is 0 Å². The van der Waals surface area contributed by atoms with Gasteiger partial charge < -0.3 is 18.9 Å². The molecule has 0 atom stereocenters. The highest BCUT2D eigenvalue weighted by Crippen LogP contribution is 2.23. The van der Waals surface area contributed by atoms with Crippen molar-refractivity contribution in [3.05, 3.63) is 144 Å². The molecule has 0 aliphatic rings. The standard InChI is InChI=1S/C38H36N2O4/c1-3-7-37-31(5-1)25-39-27-33(37)23-29-9-13-35(14-10-29)43-21-19-41-17-18-42-20-22-44-36-15-11-30(12-16-36)24-34-28-40-26-32-6-2-4-8-38(32)34/h1-16,25-28H,17-24H2. The van der Waals surface area contributed by atoms with Gasteiger partial charge in [-0.25, -0.2) is 0 Å². The molecule has 2 aromatic heterocycles.